The summed E-state index contributed by atoms with van der Waals surface area (Å²) in [5, 5.41) is 20.2. The largest absolute Gasteiger partial charge is 0.313 e. The van der Waals surface area contributed by atoms with Crippen LogP contribution in [-0.4, -0.2) is 9.55 Å². The number of fused-ring (bicyclic) bond motifs is 3. The van der Waals surface area contributed by atoms with Crippen molar-refractivity contribution in [1.29, 1.82) is 10.5 Å². The van der Waals surface area contributed by atoms with E-state index >= 15 is 0 Å². The highest BCUT2D eigenvalue weighted by atomic mass is 15.0. The van der Waals surface area contributed by atoms with E-state index in [0.29, 0.717) is 5.56 Å². The van der Waals surface area contributed by atoms with Crippen molar-refractivity contribution in [2.24, 2.45) is 11.8 Å². The van der Waals surface area contributed by atoms with Gasteiger partial charge in [0.25, 0.3) is 0 Å². The fourth-order valence-electron chi connectivity index (χ4n) is 5.67. The van der Waals surface area contributed by atoms with E-state index in [-0.39, 0.29) is 11.8 Å². The third kappa shape index (κ3) is 3.56. The molecule has 0 amide bonds. The minimum atomic E-state index is -0.0852. The van der Waals surface area contributed by atoms with E-state index < -0.39 is 0 Å². The summed E-state index contributed by atoms with van der Waals surface area (Å²) in [6.07, 6.45) is 20.5. The maximum Gasteiger partial charge on any atom is 0.0992 e. The van der Waals surface area contributed by atoms with Gasteiger partial charge in [-0.2, -0.15) is 10.5 Å². The van der Waals surface area contributed by atoms with Crippen LogP contribution >= 0.6 is 0 Å². The fraction of sp³-hybridized carbons (Fsp3) is 0.194. The van der Waals surface area contributed by atoms with Crippen LogP contribution in [0.2, 0.25) is 0 Å². The highest BCUT2D eigenvalue weighted by molar-refractivity contribution is 5.93. The van der Waals surface area contributed by atoms with Crippen LogP contribution in [0.15, 0.2) is 84.6 Å². The average molecular weight is 453 g/mol. The molecule has 2 atom stereocenters. The topological polar surface area (TPSA) is 65.4 Å². The van der Waals surface area contributed by atoms with Gasteiger partial charge in [-0.25, -0.2) is 0 Å². The van der Waals surface area contributed by atoms with Crippen LogP contribution in [0, 0.1) is 34.5 Å². The van der Waals surface area contributed by atoms with Crippen molar-refractivity contribution in [3.8, 4) is 12.1 Å². The van der Waals surface area contributed by atoms with Gasteiger partial charge in [0.15, 0.2) is 0 Å². The lowest BCUT2D eigenvalue weighted by Gasteiger charge is -2.29. The predicted octanol–water partition coefficient (Wildman–Crippen LogP) is 6.84. The normalized spacial score (nSPS) is 20.9. The van der Waals surface area contributed by atoms with Gasteiger partial charge in [-0.05, 0) is 66.7 Å². The molecule has 2 unspecified atom stereocenters. The van der Waals surface area contributed by atoms with Gasteiger partial charge in [0.05, 0.1) is 34.8 Å². The maximum absolute atomic E-state index is 9.57. The molecule has 4 nitrogen and oxygen atoms in total. The molecule has 4 heteroatoms. The van der Waals surface area contributed by atoms with Crippen LogP contribution in [0.3, 0.4) is 0 Å². The smallest absolute Gasteiger partial charge is 0.0992 e. The second kappa shape index (κ2) is 8.75. The van der Waals surface area contributed by atoms with E-state index in [4.69, 9.17) is 0 Å². The SMILES string of the molecule is N#Cc1ccnc(C2=CC=CCC2C2=C(n3c4c(c5ccccc53)CC(C#N)C=C4)CCC=C2)c1. The summed E-state index contributed by atoms with van der Waals surface area (Å²) in [7, 11) is 0. The Bertz CT molecular complexity index is 1580. The molecule has 0 bridgehead atoms. The molecule has 0 N–H and O–H groups in total. The number of rotatable bonds is 3. The summed E-state index contributed by atoms with van der Waals surface area (Å²) >= 11 is 0. The molecule has 0 spiro atoms. The van der Waals surface area contributed by atoms with Crippen LogP contribution in [-0.2, 0) is 6.42 Å². The van der Waals surface area contributed by atoms with Crippen molar-refractivity contribution >= 4 is 28.2 Å². The Morgan fingerprint density at radius 2 is 1.97 bits per heavy atom. The maximum atomic E-state index is 9.57. The van der Waals surface area contributed by atoms with Gasteiger partial charge in [-0.15, -0.1) is 0 Å². The minimum Gasteiger partial charge on any atom is -0.313 e. The molecule has 168 valence electrons. The van der Waals surface area contributed by atoms with Crippen LogP contribution in [0.25, 0.3) is 28.2 Å². The van der Waals surface area contributed by atoms with Gasteiger partial charge in [-0.1, -0.05) is 54.7 Å². The van der Waals surface area contributed by atoms with Crippen LogP contribution < -0.4 is 0 Å². The second-order valence-corrected chi connectivity index (χ2v) is 9.24. The Balaban J connectivity index is 1.55. The summed E-state index contributed by atoms with van der Waals surface area (Å²) < 4.78 is 2.43. The Labute approximate surface area is 205 Å². The molecule has 0 saturated carbocycles. The van der Waals surface area contributed by atoms with E-state index in [0.717, 1.165) is 37.0 Å². The molecule has 3 aromatic rings. The Hall–Kier alpha value is -4.41. The lowest BCUT2D eigenvalue weighted by molar-refractivity contribution is 0.772. The van der Waals surface area contributed by atoms with Crippen molar-refractivity contribution in [3.63, 3.8) is 0 Å². The van der Waals surface area contributed by atoms with Gasteiger partial charge >= 0.3 is 0 Å². The van der Waals surface area contributed by atoms with Crippen LogP contribution in [0.4, 0.5) is 0 Å². The Morgan fingerprint density at radius 1 is 1.06 bits per heavy atom. The van der Waals surface area contributed by atoms with Crippen LogP contribution in [0.1, 0.15) is 41.8 Å². The zero-order valence-electron chi connectivity index (χ0n) is 19.4. The zero-order chi connectivity index (χ0) is 23.8. The molecule has 0 radical (unpaired) electrons. The number of aromatic nitrogens is 2. The molecule has 6 rings (SSSR count). The summed E-state index contributed by atoms with van der Waals surface area (Å²) in [6, 6.07) is 16.9. The average Bonchev–Trinajstić information content (AvgIpc) is 3.26. The van der Waals surface area contributed by atoms with E-state index in [1.807, 2.05) is 12.1 Å². The molecule has 2 aromatic heterocycles. The number of allylic oxidation sites excluding steroid dienone is 9. The van der Waals surface area contributed by atoms with Crippen molar-refractivity contribution in [2.75, 3.05) is 0 Å². The number of nitriles is 2. The number of benzene rings is 1. The lowest BCUT2D eigenvalue weighted by Crippen LogP contribution is -2.15. The van der Waals surface area contributed by atoms with E-state index in [1.54, 1.807) is 12.3 Å². The fourth-order valence-corrected chi connectivity index (χ4v) is 5.67. The van der Waals surface area contributed by atoms with Gasteiger partial charge in [0.2, 0.25) is 0 Å². The molecule has 3 aliphatic carbocycles. The number of hydrogen-bond donors (Lipinski definition) is 0. The van der Waals surface area contributed by atoms with Crippen molar-refractivity contribution in [3.05, 3.63) is 107 Å². The predicted molar refractivity (Wildman–Crippen MR) is 140 cm³/mol. The number of nitrogens with zero attached hydrogens (tertiary/aromatic N) is 4. The first-order valence-electron chi connectivity index (χ1n) is 12.1. The first-order valence-corrected chi connectivity index (χ1v) is 12.1. The second-order valence-electron chi connectivity index (χ2n) is 9.24. The summed E-state index contributed by atoms with van der Waals surface area (Å²) in [5.74, 6) is 0.0715. The third-order valence-corrected chi connectivity index (χ3v) is 7.26. The highest BCUT2D eigenvalue weighted by Gasteiger charge is 2.29. The molecular weight excluding hydrogens is 428 g/mol. The monoisotopic (exact) mass is 452 g/mol. The molecule has 0 aliphatic heterocycles. The molecular formula is C31H24N4. The van der Waals surface area contributed by atoms with Crippen molar-refractivity contribution in [1.82, 2.24) is 9.55 Å². The highest BCUT2D eigenvalue weighted by Crippen LogP contribution is 2.43. The molecule has 1 aromatic carbocycles. The van der Waals surface area contributed by atoms with Gasteiger partial charge in [0.1, 0.15) is 0 Å². The molecule has 35 heavy (non-hydrogen) atoms. The number of pyridine rings is 1. The van der Waals surface area contributed by atoms with Crippen LogP contribution in [0.5, 0.6) is 0 Å². The number of para-hydroxylation sites is 1. The van der Waals surface area contributed by atoms with E-state index in [1.165, 1.54) is 33.4 Å². The summed E-state index contributed by atoms with van der Waals surface area (Å²) in [5.41, 5.74) is 8.91. The van der Waals surface area contributed by atoms with Crippen molar-refractivity contribution in [2.45, 2.75) is 25.7 Å². The first kappa shape index (κ1) is 21.1. The van der Waals surface area contributed by atoms with Gasteiger partial charge in [-0.3, -0.25) is 4.98 Å². The van der Waals surface area contributed by atoms with Crippen molar-refractivity contribution < 1.29 is 0 Å². The quantitative estimate of drug-likeness (QED) is 0.437. The Kier molecular flexibility index (Phi) is 5.28. The number of hydrogen-bond acceptors (Lipinski definition) is 3. The van der Waals surface area contributed by atoms with Gasteiger partial charge < -0.3 is 4.57 Å². The third-order valence-electron chi connectivity index (χ3n) is 7.26. The minimum absolute atomic E-state index is 0.0852. The van der Waals surface area contributed by atoms with E-state index in [2.05, 4.69) is 82.4 Å². The van der Waals surface area contributed by atoms with E-state index in [9.17, 15) is 10.5 Å². The summed E-state index contributed by atoms with van der Waals surface area (Å²) in [4.78, 5) is 4.63. The molecule has 0 fully saturated rings. The zero-order valence-corrected chi connectivity index (χ0v) is 19.4. The first-order chi connectivity index (χ1) is 17.3. The molecule has 0 saturated heterocycles. The standard InChI is InChI=1S/C31H24N4/c32-19-21-13-14-31-27(17-21)26-10-4-6-12-30(26)35(31)29-11-5-3-9-25(29)23-7-1-2-8-24(23)28-18-22(20-33)15-16-34-28/h1-4,6,8-10,12-16,18,21,23H,5,7,11,17H2. The van der Waals surface area contributed by atoms with Gasteiger partial charge in [0, 0.05) is 28.9 Å². The lowest BCUT2D eigenvalue weighted by atomic mass is 9.80. The summed E-state index contributed by atoms with van der Waals surface area (Å²) in [6.45, 7) is 0. The molecule has 2 heterocycles. The molecule has 3 aliphatic rings. The Morgan fingerprint density at radius 3 is 2.86 bits per heavy atom.